The normalized spacial score (nSPS) is 24.7. The molecule has 6 heteroatoms. The number of rotatable bonds is 3. The van der Waals surface area contributed by atoms with E-state index in [1.54, 1.807) is 0 Å². The number of aliphatic hydroxyl groups is 2. The Morgan fingerprint density at radius 2 is 1.92 bits per heavy atom. The molecule has 0 saturated carbocycles. The molecular weight excluding hydrogens is 318 g/mol. The number of fused-ring (bicyclic) bond motifs is 1. The summed E-state index contributed by atoms with van der Waals surface area (Å²) in [5, 5.41) is 22.1. The van der Waals surface area contributed by atoms with E-state index in [-0.39, 0.29) is 0 Å². The van der Waals surface area contributed by atoms with Crippen LogP contribution in [0.4, 0.5) is 0 Å². The van der Waals surface area contributed by atoms with Gasteiger partial charge in [-0.15, -0.1) is 0 Å². The van der Waals surface area contributed by atoms with E-state index in [1.807, 2.05) is 54.9 Å². The highest BCUT2D eigenvalue weighted by atomic mass is 16.5. The van der Waals surface area contributed by atoms with E-state index in [0.29, 0.717) is 6.42 Å². The molecule has 0 radical (unpaired) electrons. The van der Waals surface area contributed by atoms with Gasteiger partial charge in [0.2, 0.25) is 0 Å². The first kappa shape index (κ1) is 16.2. The van der Waals surface area contributed by atoms with E-state index in [0.717, 1.165) is 27.9 Å². The fourth-order valence-corrected chi connectivity index (χ4v) is 3.42. The standard InChI is InChI=1S/C19H21N3O3/c1-11-3-5-13(6-4-11)17(24)16-9-15(23)19(25-16)22-8-7-14-12(2)20-10-21-18(14)22/h3-8,10,15-17,19,23-24H,9H2,1-2H3/t15-,16+,17+,19-/m1/s1. The maximum Gasteiger partial charge on any atom is 0.161 e. The summed E-state index contributed by atoms with van der Waals surface area (Å²) in [6.07, 6.45) is 1.19. The zero-order valence-electron chi connectivity index (χ0n) is 14.2. The molecule has 0 bridgehead atoms. The van der Waals surface area contributed by atoms with Crippen molar-refractivity contribution in [2.45, 2.75) is 44.8 Å². The van der Waals surface area contributed by atoms with Crippen LogP contribution in [-0.2, 0) is 4.74 Å². The van der Waals surface area contributed by atoms with Gasteiger partial charge < -0.3 is 19.5 Å². The van der Waals surface area contributed by atoms with Crippen LogP contribution < -0.4 is 0 Å². The third-order valence-corrected chi connectivity index (χ3v) is 4.87. The van der Waals surface area contributed by atoms with E-state index in [2.05, 4.69) is 9.97 Å². The molecule has 1 saturated heterocycles. The Balaban J connectivity index is 1.60. The lowest BCUT2D eigenvalue weighted by Crippen LogP contribution is -2.20. The molecule has 0 aliphatic carbocycles. The molecule has 1 aliphatic heterocycles. The lowest BCUT2D eigenvalue weighted by molar-refractivity contribution is -0.0750. The van der Waals surface area contributed by atoms with Crippen molar-refractivity contribution in [3.8, 4) is 0 Å². The molecule has 3 aromatic rings. The molecule has 2 aromatic heterocycles. The smallest absolute Gasteiger partial charge is 0.161 e. The van der Waals surface area contributed by atoms with Crippen LogP contribution in [0.15, 0.2) is 42.9 Å². The van der Waals surface area contributed by atoms with E-state index >= 15 is 0 Å². The third kappa shape index (κ3) is 2.82. The largest absolute Gasteiger partial charge is 0.388 e. The molecule has 0 unspecified atom stereocenters. The van der Waals surface area contributed by atoms with E-state index < -0.39 is 24.5 Å². The van der Waals surface area contributed by atoms with E-state index in [4.69, 9.17) is 4.74 Å². The molecule has 1 aliphatic rings. The fraction of sp³-hybridized carbons (Fsp3) is 0.368. The minimum Gasteiger partial charge on any atom is -0.388 e. The SMILES string of the molecule is Cc1ccc([C@H](O)[C@@H]2C[C@@H](O)[C@H](n3ccc4c(C)ncnc43)O2)cc1. The number of nitrogens with zero attached hydrogens (tertiary/aromatic N) is 3. The molecule has 4 atom stereocenters. The van der Waals surface area contributed by atoms with Crippen LogP contribution >= 0.6 is 0 Å². The highest BCUT2D eigenvalue weighted by Crippen LogP contribution is 2.37. The second-order valence-corrected chi connectivity index (χ2v) is 6.64. The van der Waals surface area contributed by atoms with Gasteiger partial charge in [-0.1, -0.05) is 29.8 Å². The molecule has 3 heterocycles. The zero-order valence-corrected chi connectivity index (χ0v) is 14.2. The number of ether oxygens (including phenoxy) is 1. The second-order valence-electron chi connectivity index (χ2n) is 6.64. The van der Waals surface area contributed by atoms with E-state index in [1.165, 1.54) is 6.33 Å². The minimum absolute atomic E-state index is 0.365. The molecule has 0 amide bonds. The van der Waals surface area contributed by atoms with Crippen LogP contribution in [0.1, 0.15) is 35.6 Å². The first-order valence-corrected chi connectivity index (χ1v) is 8.41. The Hall–Kier alpha value is -2.28. The minimum atomic E-state index is -0.779. The number of hydrogen-bond donors (Lipinski definition) is 2. The molecular formula is C19H21N3O3. The van der Waals surface area contributed by atoms with Gasteiger partial charge >= 0.3 is 0 Å². The number of hydrogen-bond acceptors (Lipinski definition) is 5. The molecule has 1 aromatic carbocycles. The Labute approximate surface area is 145 Å². The fourth-order valence-electron chi connectivity index (χ4n) is 3.42. The molecule has 4 rings (SSSR count). The Bertz CT molecular complexity index is 891. The molecule has 2 N–H and O–H groups in total. The molecule has 1 fully saturated rings. The van der Waals surface area contributed by atoms with Crippen molar-refractivity contribution >= 4 is 11.0 Å². The van der Waals surface area contributed by atoms with Crippen LogP contribution in [0.5, 0.6) is 0 Å². The van der Waals surface area contributed by atoms with Gasteiger partial charge in [0.1, 0.15) is 24.2 Å². The van der Waals surface area contributed by atoms with E-state index in [9.17, 15) is 10.2 Å². The lowest BCUT2D eigenvalue weighted by Gasteiger charge is -2.20. The lowest BCUT2D eigenvalue weighted by atomic mass is 10.0. The summed E-state index contributed by atoms with van der Waals surface area (Å²) in [5.74, 6) is 0. The van der Waals surface area contributed by atoms with Gasteiger partial charge in [-0.3, -0.25) is 0 Å². The molecule has 25 heavy (non-hydrogen) atoms. The first-order valence-electron chi connectivity index (χ1n) is 8.41. The predicted octanol–water partition coefficient (Wildman–Crippen LogP) is 2.43. The number of aryl methyl sites for hydroxylation is 2. The van der Waals surface area contributed by atoms with Crippen molar-refractivity contribution in [3.63, 3.8) is 0 Å². The Morgan fingerprint density at radius 1 is 1.16 bits per heavy atom. The van der Waals surface area contributed by atoms with Crippen LogP contribution in [-0.4, -0.2) is 37.0 Å². The molecule has 0 spiro atoms. The van der Waals surface area contributed by atoms with Gasteiger partial charge in [0.05, 0.1) is 11.8 Å². The van der Waals surface area contributed by atoms with Crippen molar-refractivity contribution < 1.29 is 14.9 Å². The van der Waals surface area contributed by atoms with Crippen LogP contribution in [0, 0.1) is 13.8 Å². The van der Waals surface area contributed by atoms with Crippen LogP contribution in [0.2, 0.25) is 0 Å². The summed E-state index contributed by atoms with van der Waals surface area (Å²) in [5.41, 5.74) is 3.53. The maximum atomic E-state index is 10.6. The summed E-state index contributed by atoms with van der Waals surface area (Å²) >= 11 is 0. The monoisotopic (exact) mass is 339 g/mol. The van der Waals surface area contributed by atoms with Crippen LogP contribution in [0.25, 0.3) is 11.0 Å². The number of aromatic nitrogens is 3. The number of aliphatic hydroxyl groups excluding tert-OH is 2. The highest BCUT2D eigenvalue weighted by molar-refractivity contribution is 5.78. The van der Waals surface area contributed by atoms with Crippen LogP contribution in [0.3, 0.4) is 0 Å². The first-order chi connectivity index (χ1) is 12.0. The van der Waals surface area contributed by atoms with Crippen molar-refractivity contribution in [1.29, 1.82) is 0 Å². The van der Waals surface area contributed by atoms with Crippen molar-refractivity contribution in [1.82, 2.24) is 14.5 Å². The topological polar surface area (TPSA) is 80.4 Å². The van der Waals surface area contributed by atoms with Gasteiger partial charge in [0.25, 0.3) is 0 Å². The van der Waals surface area contributed by atoms with Crippen molar-refractivity contribution in [2.24, 2.45) is 0 Å². The van der Waals surface area contributed by atoms with Gasteiger partial charge in [0.15, 0.2) is 6.23 Å². The Morgan fingerprint density at radius 3 is 2.68 bits per heavy atom. The highest BCUT2D eigenvalue weighted by Gasteiger charge is 2.39. The third-order valence-electron chi connectivity index (χ3n) is 4.87. The summed E-state index contributed by atoms with van der Waals surface area (Å²) in [6.45, 7) is 3.92. The predicted molar refractivity (Wildman–Crippen MR) is 92.9 cm³/mol. The van der Waals surface area contributed by atoms with Gasteiger partial charge in [0, 0.05) is 18.0 Å². The quantitative estimate of drug-likeness (QED) is 0.766. The van der Waals surface area contributed by atoms with Gasteiger partial charge in [-0.05, 0) is 25.5 Å². The second kappa shape index (κ2) is 6.22. The maximum absolute atomic E-state index is 10.6. The average molecular weight is 339 g/mol. The summed E-state index contributed by atoms with van der Waals surface area (Å²) in [4.78, 5) is 8.51. The van der Waals surface area contributed by atoms with Crippen molar-refractivity contribution in [2.75, 3.05) is 0 Å². The average Bonchev–Trinajstić information content (AvgIpc) is 3.19. The summed E-state index contributed by atoms with van der Waals surface area (Å²) in [6, 6.07) is 9.63. The zero-order chi connectivity index (χ0) is 17.6. The summed E-state index contributed by atoms with van der Waals surface area (Å²) in [7, 11) is 0. The molecule has 6 nitrogen and oxygen atoms in total. The number of benzene rings is 1. The Kier molecular flexibility index (Phi) is 4.03. The summed E-state index contributed by atoms with van der Waals surface area (Å²) < 4.78 is 7.83. The molecule has 130 valence electrons. The van der Waals surface area contributed by atoms with Crippen molar-refractivity contribution in [3.05, 3.63) is 59.7 Å². The van der Waals surface area contributed by atoms with Gasteiger partial charge in [-0.2, -0.15) is 0 Å². The van der Waals surface area contributed by atoms with Gasteiger partial charge in [-0.25, -0.2) is 9.97 Å².